The van der Waals surface area contributed by atoms with Gasteiger partial charge in [0.25, 0.3) is 0 Å². The predicted octanol–water partition coefficient (Wildman–Crippen LogP) is 13.4. The van der Waals surface area contributed by atoms with Gasteiger partial charge in [-0.15, -0.1) is 11.3 Å². The lowest BCUT2D eigenvalue weighted by atomic mass is 9.94. The molecule has 1 nitrogen and oxygen atoms in total. The zero-order valence-electron chi connectivity index (χ0n) is 30.0. The highest BCUT2D eigenvalue weighted by Gasteiger charge is 2.19. The van der Waals surface area contributed by atoms with Gasteiger partial charge in [-0.2, -0.15) is 0 Å². The molecule has 51 heavy (non-hydrogen) atoms. The zero-order valence-corrected chi connectivity index (χ0v) is 30.8. The van der Waals surface area contributed by atoms with Crippen molar-refractivity contribution in [3.05, 3.63) is 186 Å². The molecule has 0 spiro atoms. The van der Waals surface area contributed by atoms with Crippen LogP contribution in [0.15, 0.2) is 157 Å². The van der Waals surface area contributed by atoms with E-state index >= 15 is 0 Å². The first-order valence-electron chi connectivity index (χ1n) is 17.4. The highest BCUT2D eigenvalue weighted by atomic mass is 32.1. The van der Waals surface area contributed by atoms with E-state index in [2.05, 4.69) is 163 Å². The minimum absolute atomic E-state index is 0.749. The quantitative estimate of drug-likeness (QED) is 0.139. The number of allylic oxidation sites excluding steroid dienone is 10. The monoisotopic (exact) mass is 680 g/mol. The van der Waals surface area contributed by atoms with E-state index in [0.717, 1.165) is 49.9 Å². The summed E-state index contributed by atoms with van der Waals surface area (Å²) < 4.78 is 9.20. The third-order valence-corrected chi connectivity index (χ3v) is 10.5. The Morgan fingerprint density at radius 3 is 2.12 bits per heavy atom. The molecule has 2 heteroatoms. The Bertz CT molecular complexity index is 2640. The molecule has 0 saturated carbocycles. The van der Waals surface area contributed by atoms with E-state index in [1.165, 1.54) is 48.0 Å². The van der Waals surface area contributed by atoms with E-state index in [-0.39, 0.29) is 0 Å². The van der Waals surface area contributed by atoms with Gasteiger partial charge < -0.3 is 4.42 Å². The van der Waals surface area contributed by atoms with E-state index in [9.17, 15) is 0 Å². The highest BCUT2D eigenvalue weighted by molar-refractivity contribution is 7.26. The summed E-state index contributed by atoms with van der Waals surface area (Å²) in [5.74, 6) is 0. The average molecular weight is 681 g/mol. The fourth-order valence-corrected chi connectivity index (χ4v) is 8.12. The number of rotatable bonds is 9. The maximum Gasteiger partial charge on any atom is 0.153 e. The van der Waals surface area contributed by atoms with Crippen molar-refractivity contribution in [2.45, 2.75) is 34.1 Å². The predicted molar refractivity (Wildman–Crippen MR) is 229 cm³/mol. The van der Waals surface area contributed by atoms with E-state index < -0.39 is 0 Å². The number of hydrogen-bond donors (Lipinski definition) is 0. The molecule has 2 aromatic heterocycles. The number of benzene rings is 3. The van der Waals surface area contributed by atoms with Gasteiger partial charge >= 0.3 is 0 Å². The molecule has 4 aromatic carbocycles. The van der Waals surface area contributed by atoms with Gasteiger partial charge in [-0.05, 0) is 96.0 Å². The maximum atomic E-state index is 6.73. The molecule has 2 heterocycles. The molecular formula is C49H44OS. The molecule has 0 atom stereocenters. The first-order chi connectivity index (χ1) is 24.9. The van der Waals surface area contributed by atoms with Crippen molar-refractivity contribution in [3.8, 4) is 0 Å². The van der Waals surface area contributed by atoms with Crippen LogP contribution in [0.2, 0.25) is 0 Å². The average Bonchev–Trinajstić information content (AvgIpc) is 3.73. The normalized spacial score (nSPS) is 13.3. The number of fused-ring (bicyclic) bond motifs is 6. The van der Waals surface area contributed by atoms with Crippen LogP contribution in [0.5, 0.6) is 0 Å². The van der Waals surface area contributed by atoms with Crippen molar-refractivity contribution in [1.29, 1.82) is 0 Å². The van der Waals surface area contributed by atoms with Crippen molar-refractivity contribution >= 4 is 82.6 Å². The van der Waals surface area contributed by atoms with Crippen LogP contribution in [0.25, 0.3) is 71.3 Å². The van der Waals surface area contributed by atoms with Gasteiger partial charge in [-0.25, -0.2) is 0 Å². The van der Waals surface area contributed by atoms with Crippen LogP contribution in [-0.2, 0) is 0 Å². The SMILES string of the molecule is C=C/C=C\C(=C)c1ccccccc(/C(C)=C/C(=C\C)C/C=c2\c(=C/C)oc3c2c(/C=C\C=C)c(C)c2c4ccccc4sc32)c2ccccc12. The molecule has 252 valence electrons. The fraction of sp³-hybridized carbons (Fsp3) is 0.102. The van der Waals surface area contributed by atoms with E-state index in [1.54, 1.807) is 6.08 Å². The lowest BCUT2D eigenvalue weighted by molar-refractivity contribution is 0.578. The summed E-state index contributed by atoms with van der Waals surface area (Å²) in [4.78, 5) is 0. The Labute approximate surface area is 305 Å². The van der Waals surface area contributed by atoms with Crippen molar-refractivity contribution < 1.29 is 4.42 Å². The summed E-state index contributed by atoms with van der Waals surface area (Å²) in [5, 5.41) is 7.12. The molecule has 0 unspecified atom stereocenters. The van der Waals surface area contributed by atoms with Crippen LogP contribution in [0.4, 0.5) is 0 Å². The van der Waals surface area contributed by atoms with Crippen molar-refractivity contribution in [2.75, 3.05) is 0 Å². The molecule has 0 aliphatic carbocycles. The van der Waals surface area contributed by atoms with Crippen LogP contribution in [-0.4, -0.2) is 0 Å². The zero-order chi connectivity index (χ0) is 35.9. The van der Waals surface area contributed by atoms with Gasteiger partial charge in [0, 0.05) is 26.1 Å². The van der Waals surface area contributed by atoms with Crippen LogP contribution >= 0.6 is 11.3 Å². The van der Waals surface area contributed by atoms with Crippen LogP contribution < -0.4 is 10.6 Å². The van der Waals surface area contributed by atoms with Gasteiger partial charge in [0.05, 0.1) is 4.70 Å². The molecule has 0 fully saturated rings. The molecule has 0 amide bonds. The molecule has 0 saturated heterocycles. The van der Waals surface area contributed by atoms with Gasteiger partial charge in [0.1, 0.15) is 5.42 Å². The standard InChI is InChI=1S/C49H44OS/c1-8-12-22-33(5)37-24-16-14-15-17-25-38(41-27-19-18-26-40(37)41)34(6)32-36(10-3)30-31-42-44(11-4)50-48-47(42)39(23-13-9-2)35(7)46-43-28-20-21-29-45(43)51-49(46)48/h8-29,31-32H,1-2,5,30H2,3-4,6-7H3/b15-14?,16-14?,17-15?,22-12-,23-13-,24-16?,25-17?,34-32+,36-10-,37-24?,38-25?,40-37?,41-38?,42-31+,44-11+. The van der Waals surface area contributed by atoms with Gasteiger partial charge in [0.2, 0.25) is 0 Å². The largest absolute Gasteiger partial charge is 0.455 e. The molecule has 0 radical (unpaired) electrons. The van der Waals surface area contributed by atoms with Crippen molar-refractivity contribution in [3.63, 3.8) is 0 Å². The second-order valence-corrected chi connectivity index (χ2v) is 13.6. The van der Waals surface area contributed by atoms with E-state index in [1.807, 2.05) is 35.6 Å². The third-order valence-electron chi connectivity index (χ3n) is 9.37. The summed E-state index contributed by atoms with van der Waals surface area (Å²) in [6, 6.07) is 29.9. The lowest BCUT2D eigenvalue weighted by Gasteiger charge is -2.10. The summed E-state index contributed by atoms with van der Waals surface area (Å²) in [7, 11) is 0. The molecule has 0 aliphatic heterocycles. The van der Waals surface area contributed by atoms with Crippen LogP contribution in [0.1, 0.15) is 49.4 Å². The molecule has 6 aromatic rings. The summed E-state index contributed by atoms with van der Waals surface area (Å²) in [5.41, 5.74) is 9.86. The first-order valence-corrected chi connectivity index (χ1v) is 18.2. The molecule has 0 bridgehead atoms. The Morgan fingerprint density at radius 2 is 1.43 bits per heavy atom. The Balaban J connectivity index is 1.53. The second-order valence-electron chi connectivity index (χ2n) is 12.5. The smallest absolute Gasteiger partial charge is 0.153 e. The molecule has 0 aliphatic rings. The van der Waals surface area contributed by atoms with Crippen molar-refractivity contribution in [2.24, 2.45) is 0 Å². The summed E-state index contributed by atoms with van der Waals surface area (Å²) in [6.07, 6.45) is 21.5. The number of aryl methyl sites for hydroxylation is 1. The van der Waals surface area contributed by atoms with E-state index in [0.29, 0.717) is 0 Å². The van der Waals surface area contributed by atoms with E-state index in [4.69, 9.17) is 4.42 Å². The Kier molecular flexibility index (Phi) is 10.9. The topological polar surface area (TPSA) is 13.1 Å². The van der Waals surface area contributed by atoms with Gasteiger partial charge in [-0.1, -0.05) is 153 Å². The number of thiophene rings is 1. The third kappa shape index (κ3) is 7.01. The first kappa shape index (κ1) is 35.1. The fourth-order valence-electron chi connectivity index (χ4n) is 6.88. The Morgan fingerprint density at radius 1 is 0.784 bits per heavy atom. The summed E-state index contributed by atoms with van der Waals surface area (Å²) >= 11 is 1.81. The maximum absolute atomic E-state index is 6.73. The van der Waals surface area contributed by atoms with Crippen molar-refractivity contribution in [1.82, 2.24) is 0 Å². The second kappa shape index (κ2) is 15.9. The number of hydrogen-bond acceptors (Lipinski definition) is 2. The molecular weight excluding hydrogens is 637 g/mol. The minimum atomic E-state index is 0.749. The van der Waals surface area contributed by atoms with Crippen LogP contribution in [0, 0.1) is 6.92 Å². The summed E-state index contributed by atoms with van der Waals surface area (Å²) in [6.45, 7) is 20.8. The lowest BCUT2D eigenvalue weighted by Crippen LogP contribution is -2.20. The van der Waals surface area contributed by atoms with Crippen LogP contribution in [0.3, 0.4) is 0 Å². The minimum Gasteiger partial charge on any atom is -0.455 e. The molecule has 0 N–H and O–H groups in total. The Hall–Kier alpha value is -5.70. The molecule has 6 rings (SSSR count). The van der Waals surface area contributed by atoms with Gasteiger partial charge in [0.15, 0.2) is 5.58 Å². The van der Waals surface area contributed by atoms with Gasteiger partial charge in [-0.3, -0.25) is 0 Å². The highest BCUT2D eigenvalue weighted by Crippen LogP contribution is 2.42. The number of furan rings is 1.